The summed E-state index contributed by atoms with van der Waals surface area (Å²) in [6.45, 7) is -0.942. The second-order valence-corrected chi connectivity index (χ2v) is 5.10. The molecule has 0 rings (SSSR count). The highest BCUT2D eigenvalue weighted by Crippen LogP contribution is 2.18. The molecule has 0 spiro atoms. The number of carboxylic acid groups (broad SMARTS) is 1. The number of hydrogen-bond donors (Lipinski definition) is 7. The van der Waals surface area contributed by atoms with E-state index in [0.717, 1.165) is 0 Å². The number of nitrogens with two attached hydrogens (primary N) is 1. The summed E-state index contributed by atoms with van der Waals surface area (Å²) in [5.41, 5.74) is 2.18. The van der Waals surface area contributed by atoms with Crippen LogP contribution >= 0.6 is 0 Å². The number of carbonyl (C=O) groups excluding carboxylic acids is 3. The number of ether oxygens (including phenoxy) is 1. The molecule has 1 unspecified atom stereocenters. The molecule has 25 heavy (non-hydrogen) atoms. The number of carboxylic acids is 1. The van der Waals surface area contributed by atoms with Gasteiger partial charge in [-0.2, -0.15) is 5.26 Å². The lowest BCUT2D eigenvalue weighted by atomic mass is 9.96. The average molecular weight is 369 g/mol. The van der Waals surface area contributed by atoms with E-state index in [9.17, 15) is 39.6 Å². The van der Waals surface area contributed by atoms with Crippen molar-refractivity contribution in [3.05, 3.63) is 0 Å². The maximum atomic E-state index is 11.5. The lowest BCUT2D eigenvalue weighted by molar-refractivity contribution is -0.238. The van der Waals surface area contributed by atoms with Gasteiger partial charge < -0.3 is 45.7 Å². The van der Waals surface area contributed by atoms with Gasteiger partial charge in [0.15, 0.2) is 5.60 Å². The van der Waals surface area contributed by atoms with Crippen LogP contribution in [0.25, 0.3) is 0 Å². The minimum atomic E-state index is -2.94. The van der Waals surface area contributed by atoms with E-state index >= 15 is 0 Å². The third-order valence-corrected chi connectivity index (χ3v) is 3.08. The number of aliphatic hydroxyl groups is 4. The van der Waals surface area contributed by atoms with Gasteiger partial charge in [-0.25, -0.2) is 9.59 Å². The van der Waals surface area contributed by atoms with Crippen LogP contribution in [0.3, 0.4) is 0 Å². The van der Waals surface area contributed by atoms with E-state index in [0.29, 0.717) is 0 Å². The van der Waals surface area contributed by atoms with Gasteiger partial charge in [-0.1, -0.05) is 0 Å². The zero-order valence-corrected chi connectivity index (χ0v) is 12.7. The number of carbonyl (C=O) groups is 4. The first-order valence-corrected chi connectivity index (χ1v) is 6.69. The standard InChI is InChI=1S/C12H19NO12/c13-5(3-14)9(18)10(19)6(15)4-24-7(16)1-12(22,11(20)21)2-8(17)25-23/h3,5-6,9-10,15,18-19,22-23H,1-2,4,13H2,(H,20,21)/t5-,6+,9+,10+,12?/m0/s1. The molecule has 8 N–H and O–H groups in total. The molecule has 0 aromatic carbocycles. The van der Waals surface area contributed by atoms with Crippen LogP contribution in [0.2, 0.25) is 0 Å². The normalized spacial score (nSPS) is 18.2. The van der Waals surface area contributed by atoms with E-state index in [1.165, 1.54) is 0 Å². The van der Waals surface area contributed by atoms with Crippen molar-refractivity contribution in [3.8, 4) is 0 Å². The van der Waals surface area contributed by atoms with Gasteiger partial charge >= 0.3 is 17.9 Å². The van der Waals surface area contributed by atoms with Crippen LogP contribution in [0.15, 0.2) is 0 Å². The first-order chi connectivity index (χ1) is 11.5. The largest absolute Gasteiger partial charge is 0.479 e. The Balaban J connectivity index is 4.69. The quantitative estimate of drug-likeness (QED) is 0.0791. The summed E-state index contributed by atoms with van der Waals surface area (Å²) in [4.78, 5) is 46.9. The fourth-order valence-electron chi connectivity index (χ4n) is 1.59. The van der Waals surface area contributed by atoms with Crippen molar-refractivity contribution in [1.29, 1.82) is 0 Å². The van der Waals surface area contributed by atoms with Crippen molar-refractivity contribution in [2.24, 2.45) is 5.73 Å². The molecule has 13 nitrogen and oxygen atoms in total. The van der Waals surface area contributed by atoms with Crippen LogP contribution < -0.4 is 5.73 Å². The fourth-order valence-corrected chi connectivity index (χ4v) is 1.59. The van der Waals surface area contributed by atoms with Gasteiger partial charge in [0, 0.05) is 0 Å². The summed E-state index contributed by atoms with van der Waals surface area (Å²) < 4.78 is 4.42. The summed E-state index contributed by atoms with van der Waals surface area (Å²) in [5, 5.41) is 55.1. The molecule has 0 aliphatic carbocycles. The van der Waals surface area contributed by atoms with Gasteiger partial charge in [-0.05, 0) is 0 Å². The van der Waals surface area contributed by atoms with Gasteiger partial charge in [0.25, 0.3) is 0 Å². The molecule has 0 aromatic heterocycles. The molecule has 0 aliphatic rings. The van der Waals surface area contributed by atoms with Crippen molar-refractivity contribution in [2.45, 2.75) is 42.8 Å². The molecule has 0 heterocycles. The molecule has 0 aliphatic heterocycles. The number of aliphatic hydroxyl groups excluding tert-OH is 3. The highest BCUT2D eigenvalue weighted by atomic mass is 17.1. The van der Waals surface area contributed by atoms with Crippen LogP contribution in [-0.2, 0) is 28.8 Å². The predicted octanol–water partition coefficient (Wildman–Crippen LogP) is -4.25. The lowest BCUT2D eigenvalue weighted by Gasteiger charge is -2.25. The highest BCUT2D eigenvalue weighted by Gasteiger charge is 2.42. The Morgan fingerprint density at radius 3 is 2.04 bits per heavy atom. The van der Waals surface area contributed by atoms with E-state index in [-0.39, 0.29) is 6.29 Å². The lowest BCUT2D eigenvalue weighted by Crippen LogP contribution is -2.50. The number of rotatable bonds is 11. The second kappa shape index (κ2) is 9.97. The molecule has 0 saturated carbocycles. The molecule has 5 atom stereocenters. The molecule has 0 radical (unpaired) electrons. The van der Waals surface area contributed by atoms with Gasteiger partial charge in [0.05, 0.1) is 18.9 Å². The molecular weight excluding hydrogens is 350 g/mol. The number of hydrogen-bond acceptors (Lipinski definition) is 12. The Hall–Kier alpha value is -2.16. The van der Waals surface area contributed by atoms with Gasteiger partial charge in [-0.15, -0.1) is 0 Å². The van der Waals surface area contributed by atoms with E-state index in [1.807, 2.05) is 0 Å². The maximum absolute atomic E-state index is 11.5. The SMILES string of the molecule is N[C@@H](C=O)[C@@H](O)[C@H](O)[C@H](O)COC(=O)CC(O)(CC(=O)OO)C(=O)O. The predicted molar refractivity (Wildman–Crippen MR) is 73.6 cm³/mol. The van der Waals surface area contributed by atoms with E-state index in [4.69, 9.17) is 16.1 Å². The van der Waals surface area contributed by atoms with Crippen LogP contribution in [0, 0.1) is 0 Å². The Morgan fingerprint density at radius 2 is 1.60 bits per heavy atom. The van der Waals surface area contributed by atoms with Crippen molar-refractivity contribution >= 4 is 24.2 Å². The van der Waals surface area contributed by atoms with Crippen LogP contribution in [0.4, 0.5) is 0 Å². The van der Waals surface area contributed by atoms with E-state index < -0.39 is 67.3 Å². The smallest absolute Gasteiger partial charge is 0.345 e. The molecular formula is C12H19NO12. The van der Waals surface area contributed by atoms with Crippen LogP contribution in [-0.4, -0.2) is 91.5 Å². The summed E-state index contributed by atoms with van der Waals surface area (Å²) in [5.74, 6) is -4.90. The van der Waals surface area contributed by atoms with Crippen molar-refractivity contribution in [3.63, 3.8) is 0 Å². The molecule has 13 heteroatoms. The fraction of sp³-hybridized carbons (Fsp3) is 0.667. The zero-order chi connectivity index (χ0) is 19.8. The Kier molecular flexibility index (Phi) is 9.11. The second-order valence-electron chi connectivity index (χ2n) is 5.10. The Labute approximate surface area is 140 Å². The number of aldehydes is 1. The average Bonchev–Trinajstić information content (AvgIpc) is 2.56. The van der Waals surface area contributed by atoms with Gasteiger partial charge in [0.1, 0.15) is 31.2 Å². The number of esters is 1. The first kappa shape index (κ1) is 22.8. The minimum Gasteiger partial charge on any atom is -0.479 e. The van der Waals surface area contributed by atoms with Gasteiger partial charge in [0.2, 0.25) is 0 Å². The molecule has 0 amide bonds. The van der Waals surface area contributed by atoms with E-state index in [2.05, 4.69) is 9.62 Å². The Bertz CT molecular complexity index is 496. The summed E-state index contributed by atoms with van der Waals surface area (Å²) in [7, 11) is 0. The molecule has 0 bridgehead atoms. The molecule has 0 aromatic rings. The Morgan fingerprint density at radius 1 is 1.08 bits per heavy atom. The molecule has 144 valence electrons. The molecule has 0 fully saturated rings. The van der Waals surface area contributed by atoms with Crippen LogP contribution in [0.5, 0.6) is 0 Å². The van der Waals surface area contributed by atoms with Crippen molar-refractivity contribution < 1.29 is 59.6 Å². The van der Waals surface area contributed by atoms with Crippen LogP contribution in [0.1, 0.15) is 12.8 Å². The minimum absolute atomic E-state index is 0.111. The third-order valence-electron chi connectivity index (χ3n) is 3.08. The summed E-state index contributed by atoms with van der Waals surface area (Å²) >= 11 is 0. The highest BCUT2D eigenvalue weighted by molar-refractivity contribution is 5.88. The molecule has 0 saturated heterocycles. The van der Waals surface area contributed by atoms with Crippen molar-refractivity contribution in [1.82, 2.24) is 0 Å². The monoisotopic (exact) mass is 369 g/mol. The summed E-state index contributed by atoms with van der Waals surface area (Å²) in [6, 6.07) is -1.51. The number of aliphatic carboxylic acids is 1. The zero-order valence-electron chi connectivity index (χ0n) is 12.7. The third kappa shape index (κ3) is 7.08. The maximum Gasteiger partial charge on any atom is 0.345 e. The topological polar surface area (TPSA) is 234 Å². The summed E-state index contributed by atoms with van der Waals surface area (Å²) in [6.07, 6.45) is -8.12. The van der Waals surface area contributed by atoms with Gasteiger partial charge in [-0.3, -0.25) is 4.79 Å². The van der Waals surface area contributed by atoms with Crippen molar-refractivity contribution in [2.75, 3.05) is 6.61 Å². The van der Waals surface area contributed by atoms with E-state index in [1.54, 1.807) is 0 Å². The first-order valence-electron chi connectivity index (χ1n) is 6.69.